The lowest BCUT2D eigenvalue weighted by Crippen LogP contribution is -2.33. The Bertz CT molecular complexity index is 1020. The summed E-state index contributed by atoms with van der Waals surface area (Å²) in [6.07, 6.45) is -0.992. The predicted molar refractivity (Wildman–Crippen MR) is 103 cm³/mol. The summed E-state index contributed by atoms with van der Waals surface area (Å²) in [6.45, 7) is 1.76. The van der Waals surface area contributed by atoms with E-state index in [9.17, 15) is 9.59 Å². The van der Waals surface area contributed by atoms with Gasteiger partial charge < -0.3 is 14.3 Å². The fourth-order valence-corrected chi connectivity index (χ4v) is 3.66. The molecular formula is C20H17ClN2O5. The molecule has 0 N–H and O–H groups in total. The van der Waals surface area contributed by atoms with Crippen LogP contribution in [0.5, 0.6) is 11.5 Å². The molecule has 2 aromatic carbocycles. The van der Waals surface area contributed by atoms with Gasteiger partial charge in [-0.15, -0.1) is 0 Å². The average Bonchev–Trinajstić information content (AvgIpc) is 3.24. The Morgan fingerprint density at radius 2 is 1.82 bits per heavy atom. The van der Waals surface area contributed by atoms with E-state index in [1.165, 1.54) is 14.2 Å². The van der Waals surface area contributed by atoms with Gasteiger partial charge in [-0.05, 0) is 42.8 Å². The van der Waals surface area contributed by atoms with Crippen molar-refractivity contribution in [2.45, 2.75) is 13.0 Å². The molecule has 2 amide bonds. The minimum atomic E-state index is -0.992. The Balaban J connectivity index is 1.72. The first kappa shape index (κ1) is 18.3. The molecule has 0 aromatic heterocycles. The third-order valence-corrected chi connectivity index (χ3v) is 5.38. The van der Waals surface area contributed by atoms with Crippen molar-refractivity contribution in [1.82, 2.24) is 0 Å². The second-order valence-electron chi connectivity index (χ2n) is 6.45. The van der Waals surface area contributed by atoms with Crippen LogP contribution in [0.25, 0.3) is 0 Å². The number of amides is 2. The standard InChI is InChI=1S/C20H17ClN2O5/c1-10-12(21)5-4-6-13(10)23-19(24)16-17(22-28-18(16)20(23)25)11-7-8-14(26-2)15(9-11)27-3/h4-9,16,18H,1-3H3. The Labute approximate surface area is 166 Å². The number of oxime groups is 1. The lowest BCUT2D eigenvalue weighted by molar-refractivity contribution is -0.126. The van der Waals surface area contributed by atoms with Crippen molar-refractivity contribution < 1.29 is 23.9 Å². The average molecular weight is 401 g/mol. The minimum Gasteiger partial charge on any atom is -0.493 e. The molecule has 2 unspecified atom stereocenters. The summed E-state index contributed by atoms with van der Waals surface area (Å²) in [5, 5.41) is 4.49. The number of ether oxygens (including phenoxy) is 2. The van der Waals surface area contributed by atoms with Crippen LogP contribution in [0.1, 0.15) is 11.1 Å². The molecule has 2 atom stereocenters. The van der Waals surface area contributed by atoms with Gasteiger partial charge in [0.05, 0.1) is 19.9 Å². The molecule has 8 heteroatoms. The maximum absolute atomic E-state index is 13.2. The number of halogens is 1. The number of methoxy groups -OCH3 is 2. The lowest BCUT2D eigenvalue weighted by Gasteiger charge is -2.18. The number of nitrogens with zero attached hydrogens (tertiary/aromatic N) is 2. The highest BCUT2D eigenvalue weighted by Gasteiger charge is 2.56. The van der Waals surface area contributed by atoms with Gasteiger partial charge in [0.25, 0.3) is 5.91 Å². The number of rotatable bonds is 4. The van der Waals surface area contributed by atoms with E-state index in [2.05, 4.69) is 5.16 Å². The molecule has 7 nitrogen and oxygen atoms in total. The normalized spacial score (nSPS) is 20.7. The molecule has 2 aliphatic heterocycles. The Kier molecular flexibility index (Phi) is 4.47. The molecule has 1 fully saturated rings. The summed E-state index contributed by atoms with van der Waals surface area (Å²) >= 11 is 6.16. The van der Waals surface area contributed by atoms with E-state index in [4.69, 9.17) is 25.9 Å². The second kappa shape index (κ2) is 6.83. The SMILES string of the molecule is COc1ccc(C2=NOC3C(=O)N(c4cccc(Cl)c4C)C(=O)C23)cc1OC. The molecule has 0 saturated carbocycles. The monoisotopic (exact) mass is 400 g/mol. The number of hydrogen-bond donors (Lipinski definition) is 0. The predicted octanol–water partition coefficient (Wildman–Crippen LogP) is 2.96. The molecule has 2 aliphatic rings. The van der Waals surface area contributed by atoms with Crippen molar-refractivity contribution in [2.75, 3.05) is 19.1 Å². The van der Waals surface area contributed by atoms with Crippen molar-refractivity contribution in [3.63, 3.8) is 0 Å². The number of benzene rings is 2. The van der Waals surface area contributed by atoms with Gasteiger partial charge in [0, 0.05) is 10.6 Å². The van der Waals surface area contributed by atoms with E-state index < -0.39 is 23.8 Å². The zero-order valence-electron chi connectivity index (χ0n) is 15.4. The van der Waals surface area contributed by atoms with E-state index in [1.807, 2.05) is 0 Å². The molecule has 4 rings (SSSR count). The number of anilines is 1. The van der Waals surface area contributed by atoms with Crippen LogP contribution in [0.2, 0.25) is 5.02 Å². The summed E-state index contributed by atoms with van der Waals surface area (Å²) in [7, 11) is 3.05. The number of carbonyl (C=O) groups excluding carboxylic acids is 2. The third-order valence-electron chi connectivity index (χ3n) is 4.97. The van der Waals surface area contributed by atoms with Crippen molar-refractivity contribution in [3.05, 3.63) is 52.5 Å². The number of hydrogen-bond acceptors (Lipinski definition) is 6. The van der Waals surface area contributed by atoms with Gasteiger partial charge in [0.1, 0.15) is 11.6 Å². The fourth-order valence-electron chi connectivity index (χ4n) is 3.49. The summed E-state index contributed by atoms with van der Waals surface area (Å²) < 4.78 is 10.6. The first-order valence-electron chi connectivity index (χ1n) is 8.57. The Morgan fingerprint density at radius 3 is 2.54 bits per heavy atom. The van der Waals surface area contributed by atoms with Crippen molar-refractivity contribution in [2.24, 2.45) is 11.1 Å². The van der Waals surface area contributed by atoms with Gasteiger partial charge in [-0.3, -0.25) is 9.59 Å². The number of imide groups is 1. The zero-order chi connectivity index (χ0) is 20.0. The van der Waals surface area contributed by atoms with Gasteiger partial charge in [-0.1, -0.05) is 22.8 Å². The summed E-state index contributed by atoms with van der Waals surface area (Å²) in [5.41, 5.74) is 2.10. The van der Waals surface area contributed by atoms with Gasteiger partial charge in [0.2, 0.25) is 12.0 Å². The number of carbonyl (C=O) groups is 2. The van der Waals surface area contributed by atoms with Crippen LogP contribution < -0.4 is 14.4 Å². The minimum absolute atomic E-state index is 0.381. The molecule has 28 heavy (non-hydrogen) atoms. The smallest absolute Gasteiger partial charge is 0.278 e. The van der Waals surface area contributed by atoms with Crippen LogP contribution in [0.4, 0.5) is 5.69 Å². The topological polar surface area (TPSA) is 77.4 Å². The third kappa shape index (κ3) is 2.62. The fraction of sp³-hybridized carbons (Fsp3) is 0.250. The van der Waals surface area contributed by atoms with Gasteiger partial charge in [-0.2, -0.15) is 0 Å². The van der Waals surface area contributed by atoms with Crippen LogP contribution in [-0.4, -0.2) is 37.8 Å². The molecule has 2 heterocycles. The van der Waals surface area contributed by atoms with Crippen LogP contribution in [0.15, 0.2) is 41.6 Å². The molecule has 0 spiro atoms. The highest BCUT2D eigenvalue weighted by atomic mass is 35.5. The molecule has 0 aliphatic carbocycles. The molecule has 144 valence electrons. The largest absolute Gasteiger partial charge is 0.493 e. The molecule has 2 aromatic rings. The van der Waals surface area contributed by atoms with E-state index in [0.717, 1.165) is 4.90 Å². The molecule has 0 radical (unpaired) electrons. The maximum atomic E-state index is 13.2. The summed E-state index contributed by atoms with van der Waals surface area (Å²) in [6, 6.07) is 10.3. The van der Waals surface area contributed by atoms with E-state index >= 15 is 0 Å². The van der Waals surface area contributed by atoms with Gasteiger partial charge >= 0.3 is 0 Å². The van der Waals surface area contributed by atoms with Crippen LogP contribution in [0.3, 0.4) is 0 Å². The quantitative estimate of drug-likeness (QED) is 0.737. The highest BCUT2D eigenvalue weighted by Crippen LogP contribution is 2.38. The van der Waals surface area contributed by atoms with Crippen molar-refractivity contribution in [1.29, 1.82) is 0 Å². The van der Waals surface area contributed by atoms with Crippen LogP contribution >= 0.6 is 11.6 Å². The summed E-state index contributed by atoms with van der Waals surface area (Å²) in [4.78, 5) is 32.5. The number of fused-ring (bicyclic) bond motifs is 1. The highest BCUT2D eigenvalue weighted by molar-refractivity contribution is 6.34. The molecule has 1 saturated heterocycles. The second-order valence-corrected chi connectivity index (χ2v) is 6.85. The van der Waals surface area contributed by atoms with Gasteiger partial charge in [-0.25, -0.2) is 4.90 Å². The maximum Gasteiger partial charge on any atom is 0.278 e. The first-order chi connectivity index (χ1) is 13.5. The summed E-state index contributed by atoms with van der Waals surface area (Å²) in [5.74, 6) is -0.646. The molecule has 0 bridgehead atoms. The lowest BCUT2D eigenvalue weighted by atomic mass is 9.94. The first-order valence-corrected chi connectivity index (χ1v) is 8.94. The van der Waals surface area contributed by atoms with E-state index in [1.54, 1.807) is 43.3 Å². The zero-order valence-corrected chi connectivity index (χ0v) is 16.2. The van der Waals surface area contributed by atoms with Crippen LogP contribution in [0, 0.1) is 12.8 Å². The van der Waals surface area contributed by atoms with E-state index in [0.29, 0.717) is 39.0 Å². The Morgan fingerprint density at radius 1 is 1.07 bits per heavy atom. The van der Waals surface area contributed by atoms with Crippen LogP contribution in [-0.2, 0) is 14.4 Å². The molecular weight excluding hydrogens is 384 g/mol. The van der Waals surface area contributed by atoms with Crippen molar-refractivity contribution in [3.8, 4) is 11.5 Å². The van der Waals surface area contributed by atoms with Crippen molar-refractivity contribution >= 4 is 34.8 Å². The van der Waals surface area contributed by atoms with Gasteiger partial charge in [0.15, 0.2) is 11.5 Å². The van der Waals surface area contributed by atoms with E-state index in [-0.39, 0.29) is 0 Å². The Hall–Kier alpha value is -3.06.